The summed E-state index contributed by atoms with van der Waals surface area (Å²) in [4.78, 5) is 29.2. The number of ether oxygens (including phenoxy) is 2. The van der Waals surface area contributed by atoms with Crippen molar-refractivity contribution in [2.75, 3.05) is 52.3 Å². The first-order valence-electron chi connectivity index (χ1n) is 10.0. The molecule has 1 N–H and O–H groups in total. The first-order chi connectivity index (χ1) is 14.4. The van der Waals surface area contributed by atoms with E-state index in [1.807, 2.05) is 32.0 Å². The minimum atomic E-state index is -0.0750. The highest BCUT2D eigenvalue weighted by atomic mass is 16.5. The van der Waals surface area contributed by atoms with Crippen LogP contribution in [0.1, 0.15) is 21.5 Å². The van der Waals surface area contributed by atoms with E-state index in [0.717, 1.165) is 16.8 Å². The fraction of sp³-hybridized carbons (Fsp3) is 0.391. The number of piperazine rings is 1. The monoisotopic (exact) mass is 411 g/mol. The highest BCUT2D eigenvalue weighted by Gasteiger charge is 2.25. The maximum absolute atomic E-state index is 12.9. The van der Waals surface area contributed by atoms with E-state index in [-0.39, 0.29) is 11.8 Å². The van der Waals surface area contributed by atoms with Gasteiger partial charge in [-0.25, -0.2) is 0 Å². The van der Waals surface area contributed by atoms with Gasteiger partial charge in [-0.3, -0.25) is 14.5 Å². The van der Waals surface area contributed by atoms with Crippen LogP contribution in [-0.4, -0.2) is 68.6 Å². The van der Waals surface area contributed by atoms with E-state index in [2.05, 4.69) is 10.2 Å². The molecule has 160 valence electrons. The quantitative estimate of drug-likeness (QED) is 0.792. The summed E-state index contributed by atoms with van der Waals surface area (Å²) in [6.07, 6.45) is 0. The van der Waals surface area contributed by atoms with Crippen LogP contribution in [0.2, 0.25) is 0 Å². The normalized spacial score (nSPS) is 14.3. The van der Waals surface area contributed by atoms with Crippen molar-refractivity contribution in [1.82, 2.24) is 9.80 Å². The largest absolute Gasteiger partial charge is 0.497 e. The molecule has 0 unspecified atom stereocenters. The van der Waals surface area contributed by atoms with Crippen LogP contribution < -0.4 is 14.8 Å². The molecule has 7 nitrogen and oxygen atoms in total. The number of hydrogen-bond acceptors (Lipinski definition) is 5. The molecule has 0 atom stereocenters. The van der Waals surface area contributed by atoms with Gasteiger partial charge in [0.25, 0.3) is 5.91 Å². The third-order valence-corrected chi connectivity index (χ3v) is 5.54. The lowest BCUT2D eigenvalue weighted by Gasteiger charge is -2.34. The number of hydrogen-bond donors (Lipinski definition) is 1. The van der Waals surface area contributed by atoms with Crippen molar-refractivity contribution in [3.8, 4) is 11.5 Å². The molecule has 0 saturated carbocycles. The number of carbonyl (C=O) groups excluding carboxylic acids is 2. The van der Waals surface area contributed by atoms with E-state index < -0.39 is 0 Å². The van der Waals surface area contributed by atoms with Crippen molar-refractivity contribution in [3.05, 3.63) is 53.1 Å². The van der Waals surface area contributed by atoms with Crippen LogP contribution in [0, 0.1) is 13.8 Å². The van der Waals surface area contributed by atoms with Crippen molar-refractivity contribution in [3.63, 3.8) is 0 Å². The Labute approximate surface area is 177 Å². The van der Waals surface area contributed by atoms with Gasteiger partial charge in [-0.1, -0.05) is 12.1 Å². The summed E-state index contributed by atoms with van der Waals surface area (Å²) in [5.41, 5.74) is 3.59. The fourth-order valence-electron chi connectivity index (χ4n) is 3.53. The van der Waals surface area contributed by atoms with Gasteiger partial charge in [0.15, 0.2) is 0 Å². The van der Waals surface area contributed by atoms with Crippen LogP contribution in [0.3, 0.4) is 0 Å². The molecule has 0 spiro atoms. The minimum Gasteiger partial charge on any atom is -0.497 e. The maximum Gasteiger partial charge on any atom is 0.257 e. The van der Waals surface area contributed by atoms with Crippen LogP contribution in [0.25, 0.3) is 0 Å². The molecule has 1 aliphatic heterocycles. The fourth-order valence-corrected chi connectivity index (χ4v) is 3.53. The van der Waals surface area contributed by atoms with Gasteiger partial charge in [-0.15, -0.1) is 0 Å². The van der Waals surface area contributed by atoms with E-state index in [4.69, 9.17) is 9.47 Å². The second kappa shape index (κ2) is 9.63. The van der Waals surface area contributed by atoms with Crippen molar-refractivity contribution < 1.29 is 19.1 Å². The summed E-state index contributed by atoms with van der Waals surface area (Å²) in [5.74, 6) is 1.02. The molecular formula is C23H29N3O4. The van der Waals surface area contributed by atoms with Crippen LogP contribution in [-0.2, 0) is 4.79 Å². The molecule has 7 heteroatoms. The number of anilines is 1. The van der Waals surface area contributed by atoms with E-state index in [0.29, 0.717) is 49.8 Å². The SMILES string of the molecule is COc1ccc(C(=O)N2CCN(CC(=O)Nc3cccc(C)c3C)CC2)c(OC)c1. The zero-order chi connectivity index (χ0) is 21.7. The Balaban J connectivity index is 1.55. The van der Waals surface area contributed by atoms with Crippen molar-refractivity contribution in [2.45, 2.75) is 13.8 Å². The van der Waals surface area contributed by atoms with Gasteiger partial charge in [-0.2, -0.15) is 0 Å². The van der Waals surface area contributed by atoms with E-state index >= 15 is 0 Å². The lowest BCUT2D eigenvalue weighted by atomic mass is 10.1. The minimum absolute atomic E-state index is 0.0414. The van der Waals surface area contributed by atoms with Gasteiger partial charge in [0.1, 0.15) is 11.5 Å². The van der Waals surface area contributed by atoms with Gasteiger partial charge >= 0.3 is 0 Å². The molecule has 1 aliphatic rings. The first kappa shape index (κ1) is 21.6. The van der Waals surface area contributed by atoms with Gasteiger partial charge in [0.2, 0.25) is 5.91 Å². The van der Waals surface area contributed by atoms with E-state index in [9.17, 15) is 9.59 Å². The summed E-state index contributed by atoms with van der Waals surface area (Å²) in [6, 6.07) is 11.1. The Bertz CT molecular complexity index is 921. The van der Waals surface area contributed by atoms with Crippen LogP contribution in [0.15, 0.2) is 36.4 Å². The molecule has 0 radical (unpaired) electrons. The Hall–Kier alpha value is -3.06. The molecule has 1 saturated heterocycles. The van der Waals surface area contributed by atoms with Crippen LogP contribution in [0.4, 0.5) is 5.69 Å². The Morgan fingerprint density at radius 2 is 1.73 bits per heavy atom. The van der Waals surface area contributed by atoms with Crippen LogP contribution in [0.5, 0.6) is 11.5 Å². The second-order valence-electron chi connectivity index (χ2n) is 7.43. The Morgan fingerprint density at radius 1 is 1.00 bits per heavy atom. The van der Waals surface area contributed by atoms with E-state index in [1.54, 1.807) is 30.2 Å². The Morgan fingerprint density at radius 3 is 2.40 bits per heavy atom. The average molecular weight is 412 g/mol. The molecular weight excluding hydrogens is 382 g/mol. The van der Waals surface area contributed by atoms with Gasteiger partial charge in [-0.05, 0) is 43.2 Å². The molecule has 2 aromatic rings. The molecule has 2 aromatic carbocycles. The van der Waals surface area contributed by atoms with Crippen molar-refractivity contribution in [2.24, 2.45) is 0 Å². The van der Waals surface area contributed by atoms with Crippen molar-refractivity contribution in [1.29, 1.82) is 0 Å². The molecule has 3 rings (SSSR count). The predicted octanol–water partition coefficient (Wildman–Crippen LogP) is 2.72. The topological polar surface area (TPSA) is 71.1 Å². The van der Waals surface area contributed by atoms with Crippen molar-refractivity contribution >= 4 is 17.5 Å². The first-order valence-corrected chi connectivity index (χ1v) is 10.0. The third-order valence-electron chi connectivity index (χ3n) is 5.54. The number of aryl methyl sites for hydroxylation is 1. The maximum atomic E-state index is 12.9. The van der Waals surface area contributed by atoms with Gasteiger partial charge in [0, 0.05) is 37.9 Å². The number of carbonyl (C=O) groups is 2. The lowest BCUT2D eigenvalue weighted by molar-refractivity contribution is -0.117. The average Bonchev–Trinajstić information content (AvgIpc) is 2.76. The third kappa shape index (κ3) is 4.91. The number of methoxy groups -OCH3 is 2. The van der Waals surface area contributed by atoms with E-state index in [1.165, 1.54) is 7.11 Å². The zero-order valence-corrected chi connectivity index (χ0v) is 18.0. The summed E-state index contributed by atoms with van der Waals surface area (Å²) in [7, 11) is 3.12. The highest BCUT2D eigenvalue weighted by Crippen LogP contribution is 2.26. The lowest BCUT2D eigenvalue weighted by Crippen LogP contribution is -2.50. The molecule has 0 aliphatic carbocycles. The molecule has 1 heterocycles. The second-order valence-corrected chi connectivity index (χ2v) is 7.43. The smallest absolute Gasteiger partial charge is 0.257 e. The number of benzene rings is 2. The summed E-state index contributed by atoms with van der Waals surface area (Å²) in [5, 5.41) is 2.99. The molecule has 30 heavy (non-hydrogen) atoms. The Kier molecular flexibility index (Phi) is 6.95. The predicted molar refractivity (Wildman–Crippen MR) is 116 cm³/mol. The summed E-state index contributed by atoms with van der Waals surface area (Å²) < 4.78 is 10.6. The number of amides is 2. The van der Waals surface area contributed by atoms with Crippen LogP contribution >= 0.6 is 0 Å². The highest BCUT2D eigenvalue weighted by molar-refractivity contribution is 5.97. The molecule has 0 aromatic heterocycles. The number of rotatable bonds is 6. The standard InChI is InChI=1S/C23H29N3O4/c1-16-6-5-7-20(17(16)2)24-22(27)15-25-10-12-26(13-11-25)23(28)19-9-8-18(29-3)14-21(19)30-4/h5-9,14H,10-13,15H2,1-4H3,(H,24,27). The molecule has 2 amide bonds. The summed E-state index contributed by atoms with van der Waals surface area (Å²) >= 11 is 0. The molecule has 0 bridgehead atoms. The number of nitrogens with one attached hydrogen (secondary N) is 1. The zero-order valence-electron chi connectivity index (χ0n) is 18.0. The summed E-state index contributed by atoms with van der Waals surface area (Å²) in [6.45, 7) is 6.74. The van der Waals surface area contributed by atoms with Gasteiger partial charge < -0.3 is 19.7 Å². The molecule has 1 fully saturated rings. The number of nitrogens with zero attached hydrogens (tertiary/aromatic N) is 2. The van der Waals surface area contributed by atoms with Gasteiger partial charge in [0.05, 0.1) is 26.3 Å².